The summed E-state index contributed by atoms with van der Waals surface area (Å²) >= 11 is 4.83. The zero-order chi connectivity index (χ0) is 71.0. The summed E-state index contributed by atoms with van der Waals surface area (Å²) in [5.74, 6) is -0.000972. The lowest BCUT2D eigenvalue weighted by molar-refractivity contribution is -0.270. The predicted octanol–water partition coefficient (Wildman–Crippen LogP) is 22.0. The number of ether oxygens (including phenoxy) is 4. The fraction of sp³-hybridized carbons (Fsp3) is 0.566. The van der Waals surface area contributed by atoms with Gasteiger partial charge in [0.15, 0.2) is 24.4 Å². The number of phenolic OH excluding ortho intramolecular Hbond substituents is 1. The number of fused-ring (bicyclic) bond motifs is 3. The summed E-state index contributed by atoms with van der Waals surface area (Å²) in [4.78, 5) is 38.9. The average Bonchev–Trinajstić information content (AvgIpc) is 0.916. The normalized spacial score (nSPS) is 21.9. The van der Waals surface area contributed by atoms with E-state index in [2.05, 4.69) is 182 Å². The Balaban J connectivity index is 0.000000179. The van der Waals surface area contributed by atoms with Crippen LogP contribution >= 0.6 is 55.7 Å². The number of rotatable bonds is 17. The molecule has 5 unspecified atom stereocenters. The maximum Gasteiger partial charge on any atom is 0.432 e. The number of halogens is 7. The maximum atomic E-state index is 13.9. The van der Waals surface area contributed by atoms with Crippen LogP contribution in [0.25, 0.3) is 25.1 Å². The summed E-state index contributed by atoms with van der Waals surface area (Å²) in [6, 6.07) is 40.3. The number of benzene rings is 5. The molecule has 0 saturated heterocycles. The Kier molecular flexibility index (Phi) is 26.2. The lowest BCUT2D eigenvalue weighted by Gasteiger charge is -2.60. The minimum atomic E-state index is -6.78. The van der Waals surface area contributed by atoms with Gasteiger partial charge >= 0.3 is 29.3 Å². The summed E-state index contributed by atoms with van der Waals surface area (Å²) < 4.78 is 127. The Labute approximate surface area is 595 Å². The Bertz CT molecular complexity index is 3660. The van der Waals surface area contributed by atoms with Gasteiger partial charge in [0, 0.05) is 31.2 Å². The monoisotopic (exact) mass is 1600 g/mol. The Morgan fingerprint density at radius 1 is 0.656 bits per heavy atom. The highest BCUT2D eigenvalue weighted by molar-refractivity contribution is 14.1. The van der Waals surface area contributed by atoms with Crippen LogP contribution in [0, 0.1) is 35.2 Å². The smallest absolute Gasteiger partial charge is 0.432 e. The molecule has 20 heteroatoms. The maximum absolute atomic E-state index is 13.9. The second kappa shape index (κ2) is 31.9. The van der Waals surface area contributed by atoms with E-state index in [1.54, 1.807) is 32.9 Å². The third-order valence-corrected chi connectivity index (χ3v) is 25.2. The van der Waals surface area contributed by atoms with Gasteiger partial charge in [0.25, 0.3) is 6.10 Å². The number of thiophene rings is 1. The van der Waals surface area contributed by atoms with Gasteiger partial charge in [-0.15, -0.1) is 0 Å². The van der Waals surface area contributed by atoms with Crippen molar-refractivity contribution in [1.82, 2.24) is 0 Å². The van der Waals surface area contributed by atoms with Gasteiger partial charge in [-0.25, -0.2) is 8.42 Å². The molecule has 528 valence electrons. The first-order chi connectivity index (χ1) is 44.8. The molecule has 12 rings (SSSR count). The highest BCUT2D eigenvalue weighted by Crippen LogP contribution is 2.64. The first-order valence-electron chi connectivity index (χ1n) is 33.8. The molecule has 1 N–H and O–H groups in total. The fourth-order valence-electron chi connectivity index (χ4n) is 13.9. The minimum absolute atomic E-state index is 0.0376. The van der Waals surface area contributed by atoms with Gasteiger partial charge < -0.3 is 28.6 Å². The van der Waals surface area contributed by atoms with Crippen molar-refractivity contribution in [3.63, 3.8) is 0 Å². The van der Waals surface area contributed by atoms with E-state index in [1.807, 2.05) is 32.9 Å². The molecule has 6 saturated carbocycles. The fourth-order valence-corrected chi connectivity index (χ4v) is 18.7. The van der Waals surface area contributed by atoms with Crippen molar-refractivity contribution < 1.29 is 73.4 Å². The second-order valence-corrected chi connectivity index (χ2v) is 34.9. The van der Waals surface area contributed by atoms with Gasteiger partial charge in [-0.1, -0.05) is 96.1 Å². The van der Waals surface area contributed by atoms with Crippen molar-refractivity contribution in [2.45, 2.75) is 245 Å². The molecule has 11 nitrogen and oxygen atoms in total. The van der Waals surface area contributed by atoms with Gasteiger partial charge in [-0.2, -0.15) is 22.0 Å². The van der Waals surface area contributed by atoms with Gasteiger partial charge in [0.05, 0.1) is 19.8 Å². The SMILES string of the molecule is CCC(C)(C)C(=O)OC1(C)CCCC1.CCC(C)(C)C(=O)OC12CC3CC(C1)CC(C(=O)OC(C(F)(F)F)C(F)(F)S(=O)(=O)[O-])(C3)C2.CCC(C)c1cc(I)cc(I)c1OC1(C)CCCC1.CCC(C)c1ccc(O)cc1.c1ccc(-[s+]2c3ccccc3c3ccccc32)cc1. The van der Waals surface area contributed by atoms with Crippen LogP contribution in [0.5, 0.6) is 11.5 Å². The largest absolute Gasteiger partial charge is 0.743 e. The predicted molar refractivity (Wildman–Crippen MR) is 388 cm³/mol. The summed E-state index contributed by atoms with van der Waals surface area (Å²) in [6.07, 6.45) is 3.84. The van der Waals surface area contributed by atoms with Crippen LogP contribution in [-0.4, -0.2) is 70.3 Å². The third-order valence-electron chi connectivity index (χ3n) is 20.5. The van der Waals surface area contributed by atoms with Gasteiger partial charge in [0.2, 0.25) is 0 Å². The highest BCUT2D eigenvalue weighted by Gasteiger charge is 2.67. The first kappa shape index (κ1) is 78.7. The molecule has 1 heterocycles. The van der Waals surface area contributed by atoms with Crippen LogP contribution in [0.3, 0.4) is 0 Å². The van der Waals surface area contributed by atoms with Crippen LogP contribution in [0.15, 0.2) is 115 Å². The van der Waals surface area contributed by atoms with Crippen LogP contribution < -0.4 is 4.74 Å². The van der Waals surface area contributed by atoms with E-state index < -0.39 is 56.0 Å². The zero-order valence-electron chi connectivity index (χ0n) is 57.6. The van der Waals surface area contributed by atoms with E-state index >= 15 is 0 Å². The molecular formula is C76H97F5I2O11S2. The Morgan fingerprint density at radius 2 is 1.12 bits per heavy atom. The van der Waals surface area contributed by atoms with Gasteiger partial charge in [-0.3, -0.25) is 14.4 Å². The number of esters is 3. The molecule has 0 radical (unpaired) electrons. The number of hydrogen-bond donors (Lipinski definition) is 1. The summed E-state index contributed by atoms with van der Waals surface area (Å²) in [5.41, 5.74) is -1.41. The number of carbonyl (C=O) groups excluding carboxylic acids is 3. The Morgan fingerprint density at radius 3 is 1.59 bits per heavy atom. The molecule has 5 atom stereocenters. The zero-order valence-corrected chi connectivity index (χ0v) is 63.5. The van der Waals surface area contributed by atoms with E-state index in [9.17, 15) is 49.3 Å². The molecule has 6 aromatic rings. The van der Waals surface area contributed by atoms with Crippen LogP contribution in [0.4, 0.5) is 22.0 Å². The van der Waals surface area contributed by atoms with E-state index in [0.717, 1.165) is 37.9 Å². The van der Waals surface area contributed by atoms with Crippen LogP contribution in [0.1, 0.15) is 222 Å². The molecule has 0 aliphatic heterocycles. The standard InChI is InChI=1S/C20H27F5O7S.C18H13S.C16H22I2O.C12H22O2.C10H14O/c1-4-16(2,3)14(26)32-18-8-11-5-12(9-18)7-17(6-11,10-18)15(27)31-13(19(21,22)23)20(24,25)33(28,29)30;1-2-8-14(9-3-1)19-17-12-6-4-10-15(17)16-11-5-7-13-18(16)19;1-4-11(2)13-9-12(17)10-14(18)15(13)19-16(3)7-5-6-8-16;1-5-11(2,3)10(13)14-12(4)8-6-7-9-12;1-3-8(2)9-4-6-10(11)7-5-9/h11-13H,4-10H2,1-3H3,(H,28,29,30);1-13H;9-11H,4-8H2,1-3H3;5-9H2,1-4H3;4-8,11H,3H2,1-2H3/q;+1;;;/p-1. The first-order valence-corrected chi connectivity index (χ1v) is 38.6. The molecule has 96 heavy (non-hydrogen) atoms. The molecule has 0 amide bonds. The number of hydrogen-bond acceptors (Lipinski definition) is 11. The number of aromatic hydroxyl groups is 1. The quantitative estimate of drug-likeness (QED) is 0.0231. The summed E-state index contributed by atoms with van der Waals surface area (Å²) in [7, 11) is -6.72. The molecule has 6 fully saturated rings. The van der Waals surface area contributed by atoms with E-state index in [4.69, 9.17) is 19.3 Å². The van der Waals surface area contributed by atoms with E-state index in [1.165, 1.54) is 81.9 Å². The number of carbonyl (C=O) groups is 3. The van der Waals surface area contributed by atoms with Crippen molar-refractivity contribution in [2.75, 3.05) is 0 Å². The van der Waals surface area contributed by atoms with Crippen molar-refractivity contribution >= 4 is 104 Å². The second-order valence-electron chi connectivity index (χ2n) is 29.1. The van der Waals surface area contributed by atoms with Crippen molar-refractivity contribution in [1.29, 1.82) is 0 Å². The molecule has 4 bridgehead atoms. The van der Waals surface area contributed by atoms with Crippen molar-refractivity contribution in [2.24, 2.45) is 28.1 Å². The van der Waals surface area contributed by atoms with Gasteiger partial charge in [0.1, 0.15) is 28.3 Å². The lowest BCUT2D eigenvalue weighted by Crippen LogP contribution is -2.62. The molecule has 5 aromatic carbocycles. The number of phenols is 1. The third kappa shape index (κ3) is 19.0. The van der Waals surface area contributed by atoms with Gasteiger partial charge in [-0.05, 0) is 291 Å². The molecule has 0 spiro atoms. The van der Waals surface area contributed by atoms with Crippen LogP contribution in [0.2, 0.25) is 0 Å². The Hall–Kier alpha value is -4.65. The highest BCUT2D eigenvalue weighted by atomic mass is 127. The molecular weight excluding hydrogens is 1500 g/mol. The summed E-state index contributed by atoms with van der Waals surface area (Å²) in [6.45, 7) is 24.3. The van der Waals surface area contributed by atoms with Crippen molar-refractivity contribution in [3.8, 4) is 16.4 Å². The minimum Gasteiger partial charge on any atom is -0.743 e. The molecule has 6 aliphatic carbocycles. The summed E-state index contributed by atoms with van der Waals surface area (Å²) in [5, 5.41) is 5.89. The molecule has 1 aromatic heterocycles. The topological polar surface area (TPSA) is 166 Å². The van der Waals surface area contributed by atoms with Crippen LogP contribution in [-0.2, 0) is 38.7 Å². The molecule has 6 aliphatic rings. The lowest BCUT2D eigenvalue weighted by atomic mass is 9.48. The van der Waals surface area contributed by atoms with E-state index in [0.29, 0.717) is 43.3 Å². The average molecular weight is 1600 g/mol. The van der Waals surface area contributed by atoms with Crippen molar-refractivity contribution in [3.05, 3.63) is 134 Å². The number of alkyl halides is 5. The van der Waals surface area contributed by atoms with E-state index in [-0.39, 0.29) is 64.2 Å².